The molecule has 14 heavy (non-hydrogen) atoms. The predicted molar refractivity (Wildman–Crippen MR) is 61.2 cm³/mol. The minimum atomic E-state index is -0.458. The van der Waals surface area contributed by atoms with E-state index in [1.54, 1.807) is 0 Å². The van der Waals surface area contributed by atoms with Crippen molar-refractivity contribution in [2.45, 2.75) is 65.4 Å². The van der Waals surface area contributed by atoms with Crippen LogP contribution in [0.5, 0.6) is 0 Å². The molecule has 0 aromatic rings. The van der Waals surface area contributed by atoms with E-state index in [1.165, 1.54) is 32.1 Å². The minimum absolute atomic E-state index is 0.458. The van der Waals surface area contributed by atoms with Crippen LogP contribution in [-0.4, -0.2) is 10.7 Å². The lowest BCUT2D eigenvalue weighted by molar-refractivity contribution is -0.00975. The molecule has 1 fully saturated rings. The molecule has 0 spiro atoms. The van der Waals surface area contributed by atoms with Crippen LogP contribution < -0.4 is 0 Å². The van der Waals surface area contributed by atoms with Crippen LogP contribution in [-0.2, 0) is 0 Å². The average molecular weight is 198 g/mol. The molecule has 1 aliphatic rings. The van der Waals surface area contributed by atoms with Gasteiger partial charge in [-0.05, 0) is 57.3 Å². The Morgan fingerprint density at radius 2 is 1.71 bits per heavy atom. The molecule has 0 aliphatic heterocycles. The molecule has 0 heterocycles. The van der Waals surface area contributed by atoms with Crippen LogP contribution in [0.25, 0.3) is 0 Å². The first-order valence-electron chi connectivity index (χ1n) is 6.17. The second-order valence-electron chi connectivity index (χ2n) is 5.65. The lowest BCUT2D eigenvalue weighted by Gasteiger charge is -2.37. The maximum atomic E-state index is 9.92. The zero-order valence-corrected chi connectivity index (χ0v) is 10.2. The standard InChI is InChI=1S/C13H26O/c1-5-10(2)11-6-8-12(9-7-11)13(3,4)14/h10-12,14H,5-9H2,1-4H3. The highest BCUT2D eigenvalue weighted by Gasteiger charge is 2.32. The summed E-state index contributed by atoms with van der Waals surface area (Å²) in [5.41, 5.74) is -0.458. The maximum absolute atomic E-state index is 9.92. The highest BCUT2D eigenvalue weighted by Crippen LogP contribution is 2.38. The van der Waals surface area contributed by atoms with Gasteiger partial charge in [0.25, 0.3) is 0 Å². The Hall–Kier alpha value is -0.0400. The van der Waals surface area contributed by atoms with E-state index in [9.17, 15) is 5.11 Å². The second kappa shape index (κ2) is 4.65. The highest BCUT2D eigenvalue weighted by atomic mass is 16.3. The topological polar surface area (TPSA) is 20.2 Å². The van der Waals surface area contributed by atoms with Crippen molar-refractivity contribution in [2.24, 2.45) is 17.8 Å². The van der Waals surface area contributed by atoms with Gasteiger partial charge in [-0.3, -0.25) is 0 Å². The summed E-state index contributed by atoms with van der Waals surface area (Å²) < 4.78 is 0. The Labute approximate surface area is 88.9 Å². The van der Waals surface area contributed by atoms with Crippen molar-refractivity contribution >= 4 is 0 Å². The minimum Gasteiger partial charge on any atom is -0.390 e. The highest BCUT2D eigenvalue weighted by molar-refractivity contribution is 4.83. The molecule has 1 aliphatic carbocycles. The molecule has 0 aromatic carbocycles. The van der Waals surface area contributed by atoms with Gasteiger partial charge in [-0.15, -0.1) is 0 Å². The normalized spacial score (nSPS) is 31.5. The summed E-state index contributed by atoms with van der Waals surface area (Å²) in [6, 6.07) is 0. The van der Waals surface area contributed by atoms with E-state index in [-0.39, 0.29) is 0 Å². The van der Waals surface area contributed by atoms with Gasteiger partial charge in [0, 0.05) is 0 Å². The van der Waals surface area contributed by atoms with Crippen LogP contribution >= 0.6 is 0 Å². The zero-order chi connectivity index (χ0) is 10.8. The molecule has 0 radical (unpaired) electrons. The van der Waals surface area contributed by atoms with Gasteiger partial charge in [0.05, 0.1) is 5.60 Å². The predicted octanol–water partition coefficient (Wildman–Crippen LogP) is 3.61. The van der Waals surface area contributed by atoms with Crippen molar-refractivity contribution in [1.82, 2.24) is 0 Å². The summed E-state index contributed by atoms with van der Waals surface area (Å²) in [5, 5.41) is 9.92. The summed E-state index contributed by atoms with van der Waals surface area (Å²) in [6.07, 6.45) is 6.39. The molecular formula is C13H26O. The van der Waals surface area contributed by atoms with Crippen LogP contribution in [0.4, 0.5) is 0 Å². The van der Waals surface area contributed by atoms with Crippen molar-refractivity contribution in [3.05, 3.63) is 0 Å². The van der Waals surface area contributed by atoms with Crippen LogP contribution in [0, 0.1) is 17.8 Å². The number of rotatable bonds is 3. The molecular weight excluding hydrogens is 172 g/mol. The first-order chi connectivity index (χ1) is 6.45. The number of hydrogen-bond donors (Lipinski definition) is 1. The van der Waals surface area contributed by atoms with E-state index in [1.807, 2.05) is 13.8 Å². The molecule has 1 atom stereocenters. The van der Waals surface area contributed by atoms with Crippen LogP contribution in [0.1, 0.15) is 59.8 Å². The lowest BCUT2D eigenvalue weighted by Crippen LogP contribution is -2.34. The first kappa shape index (κ1) is 12.0. The van der Waals surface area contributed by atoms with E-state index in [0.29, 0.717) is 5.92 Å². The van der Waals surface area contributed by atoms with Gasteiger partial charge >= 0.3 is 0 Å². The van der Waals surface area contributed by atoms with Gasteiger partial charge < -0.3 is 5.11 Å². The molecule has 0 bridgehead atoms. The molecule has 0 saturated heterocycles. The Morgan fingerprint density at radius 3 is 2.07 bits per heavy atom. The van der Waals surface area contributed by atoms with Gasteiger partial charge in [-0.25, -0.2) is 0 Å². The fourth-order valence-electron chi connectivity index (χ4n) is 2.73. The monoisotopic (exact) mass is 198 g/mol. The number of hydrogen-bond acceptors (Lipinski definition) is 1. The van der Waals surface area contributed by atoms with Gasteiger partial charge in [-0.1, -0.05) is 20.3 Å². The van der Waals surface area contributed by atoms with Crippen LogP contribution in [0.15, 0.2) is 0 Å². The molecule has 1 nitrogen and oxygen atoms in total. The molecule has 84 valence electrons. The Balaban J connectivity index is 2.39. The quantitative estimate of drug-likeness (QED) is 0.734. The Kier molecular flexibility index (Phi) is 4.00. The van der Waals surface area contributed by atoms with E-state index in [2.05, 4.69) is 13.8 Å². The summed E-state index contributed by atoms with van der Waals surface area (Å²) in [4.78, 5) is 0. The fraction of sp³-hybridized carbons (Fsp3) is 1.00. The lowest BCUT2D eigenvalue weighted by atomic mass is 9.71. The molecule has 0 aromatic heterocycles. The van der Waals surface area contributed by atoms with Crippen molar-refractivity contribution in [1.29, 1.82) is 0 Å². The van der Waals surface area contributed by atoms with E-state index >= 15 is 0 Å². The zero-order valence-electron chi connectivity index (χ0n) is 10.2. The third-order valence-electron chi connectivity index (χ3n) is 4.22. The SMILES string of the molecule is CCC(C)C1CCC(C(C)(C)O)CC1. The molecule has 1 saturated carbocycles. The van der Waals surface area contributed by atoms with Crippen molar-refractivity contribution in [2.75, 3.05) is 0 Å². The smallest absolute Gasteiger partial charge is 0.0619 e. The second-order valence-corrected chi connectivity index (χ2v) is 5.65. The first-order valence-corrected chi connectivity index (χ1v) is 6.17. The third-order valence-corrected chi connectivity index (χ3v) is 4.22. The van der Waals surface area contributed by atoms with Crippen molar-refractivity contribution in [3.63, 3.8) is 0 Å². The van der Waals surface area contributed by atoms with E-state index < -0.39 is 5.60 Å². The molecule has 1 N–H and O–H groups in total. The molecule has 0 amide bonds. The fourth-order valence-corrected chi connectivity index (χ4v) is 2.73. The Morgan fingerprint density at radius 1 is 1.21 bits per heavy atom. The molecule has 1 heteroatoms. The Bertz CT molecular complexity index is 161. The third kappa shape index (κ3) is 2.98. The van der Waals surface area contributed by atoms with Gasteiger partial charge in [0.1, 0.15) is 0 Å². The van der Waals surface area contributed by atoms with Gasteiger partial charge in [0.15, 0.2) is 0 Å². The van der Waals surface area contributed by atoms with E-state index in [0.717, 1.165) is 11.8 Å². The summed E-state index contributed by atoms with van der Waals surface area (Å²) in [7, 11) is 0. The molecule has 1 unspecified atom stereocenters. The largest absolute Gasteiger partial charge is 0.390 e. The number of aliphatic hydroxyl groups is 1. The summed E-state index contributed by atoms with van der Waals surface area (Å²) >= 11 is 0. The van der Waals surface area contributed by atoms with Gasteiger partial charge in [-0.2, -0.15) is 0 Å². The summed E-state index contributed by atoms with van der Waals surface area (Å²) in [5.74, 6) is 2.32. The van der Waals surface area contributed by atoms with Gasteiger partial charge in [0.2, 0.25) is 0 Å². The maximum Gasteiger partial charge on any atom is 0.0619 e. The van der Waals surface area contributed by atoms with Crippen molar-refractivity contribution in [3.8, 4) is 0 Å². The van der Waals surface area contributed by atoms with Crippen LogP contribution in [0.2, 0.25) is 0 Å². The van der Waals surface area contributed by atoms with Crippen LogP contribution in [0.3, 0.4) is 0 Å². The summed E-state index contributed by atoms with van der Waals surface area (Å²) in [6.45, 7) is 8.57. The van der Waals surface area contributed by atoms with E-state index in [4.69, 9.17) is 0 Å². The average Bonchev–Trinajstić information content (AvgIpc) is 2.15. The molecule has 1 rings (SSSR count). The van der Waals surface area contributed by atoms with Crippen molar-refractivity contribution < 1.29 is 5.11 Å².